The Kier molecular flexibility index (Phi) is 3.94. The first-order chi connectivity index (χ1) is 10.3. The molecule has 2 fully saturated rings. The maximum Gasteiger partial charge on any atom is 0.247 e. The van der Waals surface area contributed by atoms with Crippen molar-refractivity contribution in [1.82, 2.24) is 4.31 Å². The van der Waals surface area contributed by atoms with Crippen LogP contribution in [0, 0.1) is 0 Å². The van der Waals surface area contributed by atoms with Gasteiger partial charge in [-0.2, -0.15) is 4.31 Å². The van der Waals surface area contributed by atoms with Gasteiger partial charge >= 0.3 is 0 Å². The highest BCUT2D eigenvalue weighted by Crippen LogP contribution is 2.38. The number of nitrogens with zero attached hydrogens (tertiary/aromatic N) is 1. The van der Waals surface area contributed by atoms with Gasteiger partial charge in [-0.25, -0.2) is 16.8 Å². The number of rotatable bonds is 5. The molecule has 1 aliphatic heterocycles. The Morgan fingerprint density at radius 2 is 1.82 bits per heavy atom. The monoisotopic (exact) mass is 345 g/mol. The molecule has 22 heavy (non-hydrogen) atoms. The van der Waals surface area contributed by atoms with Crippen LogP contribution in [0.15, 0.2) is 29.2 Å². The molecule has 1 saturated heterocycles. The number of ether oxygens (including phenoxy) is 1. The molecule has 1 aromatic carbocycles. The molecule has 1 atom stereocenters. The van der Waals surface area contributed by atoms with Gasteiger partial charge in [0.25, 0.3) is 0 Å². The third-order valence-electron chi connectivity index (χ3n) is 4.10. The molecule has 1 aliphatic carbocycles. The van der Waals surface area contributed by atoms with Crippen molar-refractivity contribution in [2.75, 3.05) is 18.6 Å². The van der Waals surface area contributed by atoms with E-state index in [1.807, 2.05) is 0 Å². The van der Waals surface area contributed by atoms with E-state index < -0.39 is 25.9 Å². The minimum absolute atomic E-state index is 0.0579. The number of hydrogen-bond donors (Lipinski definition) is 0. The predicted octanol–water partition coefficient (Wildman–Crippen LogP) is 1.04. The van der Waals surface area contributed by atoms with E-state index in [1.54, 1.807) is 18.2 Å². The number of benzene rings is 1. The van der Waals surface area contributed by atoms with Crippen LogP contribution in [0.25, 0.3) is 0 Å². The highest BCUT2D eigenvalue weighted by atomic mass is 32.2. The fourth-order valence-electron chi connectivity index (χ4n) is 2.94. The zero-order chi connectivity index (χ0) is 16.0. The summed E-state index contributed by atoms with van der Waals surface area (Å²) in [6.45, 7) is 0. The molecular weight excluding hydrogens is 326 g/mol. The van der Waals surface area contributed by atoms with E-state index in [-0.39, 0.29) is 28.2 Å². The largest absolute Gasteiger partial charge is 0.495 e. The van der Waals surface area contributed by atoms with Crippen molar-refractivity contribution in [1.29, 1.82) is 0 Å². The van der Waals surface area contributed by atoms with Gasteiger partial charge in [0.2, 0.25) is 10.0 Å². The maximum atomic E-state index is 13.0. The van der Waals surface area contributed by atoms with Crippen LogP contribution in [0.3, 0.4) is 0 Å². The lowest BCUT2D eigenvalue weighted by Gasteiger charge is -2.27. The van der Waals surface area contributed by atoms with Gasteiger partial charge in [-0.3, -0.25) is 0 Å². The van der Waals surface area contributed by atoms with Crippen LogP contribution >= 0.6 is 0 Å². The summed E-state index contributed by atoms with van der Waals surface area (Å²) < 4.78 is 56.1. The highest BCUT2D eigenvalue weighted by Gasteiger charge is 2.46. The molecule has 1 saturated carbocycles. The quantitative estimate of drug-likeness (QED) is 0.796. The molecule has 0 amide bonds. The smallest absolute Gasteiger partial charge is 0.247 e. The first kappa shape index (κ1) is 15.8. The molecule has 0 aromatic heterocycles. The first-order valence-electron chi connectivity index (χ1n) is 7.22. The summed E-state index contributed by atoms with van der Waals surface area (Å²) in [5, 5.41) is 0. The lowest BCUT2D eigenvalue weighted by Crippen LogP contribution is -2.42. The molecule has 1 unspecified atom stereocenters. The lowest BCUT2D eigenvalue weighted by molar-refractivity contribution is 0.329. The van der Waals surface area contributed by atoms with Crippen LogP contribution in [0.4, 0.5) is 0 Å². The van der Waals surface area contributed by atoms with Gasteiger partial charge in [0.15, 0.2) is 9.84 Å². The van der Waals surface area contributed by atoms with Gasteiger partial charge in [-0.1, -0.05) is 12.1 Å². The minimum Gasteiger partial charge on any atom is -0.495 e. The zero-order valence-corrected chi connectivity index (χ0v) is 13.9. The molecule has 122 valence electrons. The minimum atomic E-state index is -3.77. The van der Waals surface area contributed by atoms with Gasteiger partial charge in [-0.05, 0) is 31.4 Å². The second kappa shape index (κ2) is 5.50. The molecule has 0 N–H and O–H groups in total. The van der Waals surface area contributed by atoms with Crippen LogP contribution < -0.4 is 4.74 Å². The Morgan fingerprint density at radius 1 is 1.14 bits per heavy atom. The van der Waals surface area contributed by atoms with Crippen LogP contribution in [0.1, 0.15) is 19.3 Å². The number of methoxy groups -OCH3 is 1. The molecule has 0 radical (unpaired) electrons. The molecule has 1 heterocycles. The summed E-state index contributed by atoms with van der Waals surface area (Å²) in [5.41, 5.74) is 0. The van der Waals surface area contributed by atoms with Gasteiger partial charge in [-0.15, -0.1) is 0 Å². The fraction of sp³-hybridized carbons (Fsp3) is 0.571. The second-order valence-corrected chi connectivity index (χ2v) is 9.81. The molecular formula is C14H19NO5S2. The third-order valence-corrected chi connectivity index (χ3v) is 7.89. The van der Waals surface area contributed by atoms with Gasteiger partial charge in [0.05, 0.1) is 18.6 Å². The molecule has 2 aliphatic rings. The number of sulfonamides is 1. The molecule has 6 nitrogen and oxygen atoms in total. The molecule has 1 aromatic rings. The Labute approximate surface area is 131 Å². The van der Waals surface area contributed by atoms with Gasteiger partial charge in [0, 0.05) is 12.1 Å². The van der Waals surface area contributed by atoms with E-state index in [0.29, 0.717) is 6.42 Å². The summed E-state index contributed by atoms with van der Waals surface area (Å²) in [4.78, 5) is 0.105. The van der Waals surface area contributed by atoms with E-state index in [2.05, 4.69) is 0 Å². The van der Waals surface area contributed by atoms with Crippen molar-refractivity contribution in [2.45, 2.75) is 36.2 Å². The average Bonchev–Trinajstić information content (AvgIpc) is 3.22. The average molecular weight is 345 g/mol. The fourth-order valence-corrected chi connectivity index (χ4v) is 6.81. The van der Waals surface area contributed by atoms with Crippen molar-refractivity contribution in [2.24, 2.45) is 0 Å². The van der Waals surface area contributed by atoms with E-state index >= 15 is 0 Å². The van der Waals surface area contributed by atoms with Crippen LogP contribution in [-0.4, -0.2) is 51.8 Å². The topological polar surface area (TPSA) is 80.8 Å². The summed E-state index contributed by atoms with van der Waals surface area (Å²) in [6, 6.07) is 5.90. The Hall–Kier alpha value is -1.12. The van der Waals surface area contributed by atoms with Crippen molar-refractivity contribution in [3.05, 3.63) is 24.3 Å². The van der Waals surface area contributed by atoms with Crippen molar-refractivity contribution < 1.29 is 21.6 Å². The summed E-state index contributed by atoms with van der Waals surface area (Å²) in [5.74, 6) is 0.259. The van der Waals surface area contributed by atoms with E-state index in [1.165, 1.54) is 17.5 Å². The number of hydrogen-bond acceptors (Lipinski definition) is 5. The Balaban J connectivity index is 2.01. The number of sulfone groups is 1. The predicted molar refractivity (Wildman–Crippen MR) is 82.1 cm³/mol. The zero-order valence-electron chi connectivity index (χ0n) is 12.3. The molecule has 0 spiro atoms. The van der Waals surface area contributed by atoms with Crippen LogP contribution in [0.2, 0.25) is 0 Å². The Morgan fingerprint density at radius 3 is 2.36 bits per heavy atom. The van der Waals surface area contributed by atoms with Crippen LogP contribution in [0.5, 0.6) is 5.75 Å². The molecule has 8 heteroatoms. The first-order valence-corrected chi connectivity index (χ1v) is 10.5. The third kappa shape index (κ3) is 2.87. The maximum absolute atomic E-state index is 13.0. The molecule has 3 rings (SSSR count). The summed E-state index contributed by atoms with van der Waals surface area (Å²) in [7, 11) is -5.49. The normalized spacial score (nSPS) is 24.5. The SMILES string of the molecule is COc1ccccc1S(=O)(=O)N(C1CC1)C1CCS(=O)(=O)C1. The molecule has 0 bridgehead atoms. The summed E-state index contributed by atoms with van der Waals surface area (Å²) >= 11 is 0. The van der Waals surface area contributed by atoms with Crippen molar-refractivity contribution >= 4 is 19.9 Å². The lowest BCUT2D eigenvalue weighted by atomic mass is 10.2. The van der Waals surface area contributed by atoms with E-state index in [9.17, 15) is 16.8 Å². The standard InChI is InChI=1S/C14H19NO5S2/c1-20-13-4-2-3-5-14(13)22(18,19)15(11-6-7-11)12-8-9-21(16,17)10-12/h2-5,11-12H,6-10H2,1H3. The van der Waals surface area contributed by atoms with Gasteiger partial charge < -0.3 is 4.74 Å². The van der Waals surface area contributed by atoms with Crippen molar-refractivity contribution in [3.63, 3.8) is 0 Å². The number of para-hydroxylation sites is 1. The summed E-state index contributed by atoms with van der Waals surface area (Å²) in [6.07, 6.45) is 1.93. The second-order valence-electron chi connectivity index (χ2n) is 5.77. The highest BCUT2D eigenvalue weighted by molar-refractivity contribution is 7.92. The van der Waals surface area contributed by atoms with Crippen LogP contribution in [-0.2, 0) is 19.9 Å². The Bertz CT molecular complexity index is 768. The van der Waals surface area contributed by atoms with Gasteiger partial charge in [0.1, 0.15) is 10.6 Å². The van der Waals surface area contributed by atoms with Crippen molar-refractivity contribution in [3.8, 4) is 5.75 Å². The van der Waals surface area contributed by atoms with E-state index in [0.717, 1.165) is 12.8 Å². The van der Waals surface area contributed by atoms with E-state index in [4.69, 9.17) is 4.74 Å².